The number of aryl methyl sites for hydroxylation is 3. The Morgan fingerprint density at radius 1 is 0.714 bits per heavy atom. The fraction of sp³-hybridized carbons (Fsp3) is 0.700. The lowest BCUT2D eigenvalue weighted by Gasteiger charge is -2.20. The average Bonchev–Trinajstić information content (AvgIpc) is 2.48. The van der Waals surface area contributed by atoms with Gasteiger partial charge in [0.15, 0.2) is 0 Å². The quantitative estimate of drug-likeness (QED) is 0.571. The predicted molar refractivity (Wildman–Crippen MR) is 98.6 cm³/mol. The molecule has 118 valence electrons. The Labute approximate surface area is 133 Å². The molecule has 0 saturated heterocycles. The second-order valence-corrected chi connectivity index (χ2v) is 8.63. The molecule has 0 heterocycles. The van der Waals surface area contributed by atoms with Gasteiger partial charge in [-0.05, 0) is 55.7 Å². The van der Waals surface area contributed by atoms with E-state index in [2.05, 4.69) is 32.9 Å². The van der Waals surface area contributed by atoms with Crippen LogP contribution in [0.4, 0.5) is 0 Å². The largest absolute Gasteiger partial charge is 0.0866 e. The van der Waals surface area contributed by atoms with E-state index in [0.29, 0.717) is 0 Å². The van der Waals surface area contributed by atoms with Crippen molar-refractivity contribution < 1.29 is 0 Å². The highest BCUT2D eigenvalue weighted by Crippen LogP contribution is 2.32. The van der Waals surface area contributed by atoms with Gasteiger partial charge < -0.3 is 0 Å². The first kappa shape index (κ1) is 17.0. The standard InChI is InChI=1S/C20H33P/c1-16-14-17(2)20(18(3)15-16)21-19-12-10-8-6-4-5-7-9-11-13-19/h14-15,19,21H,4-13H2,1-3H3. The van der Waals surface area contributed by atoms with Crippen LogP contribution in [0.3, 0.4) is 0 Å². The first-order valence-corrected chi connectivity index (χ1v) is 10.1. The lowest BCUT2D eigenvalue weighted by molar-refractivity contribution is 0.585. The molecule has 1 aliphatic carbocycles. The van der Waals surface area contributed by atoms with E-state index in [0.717, 1.165) is 14.2 Å². The van der Waals surface area contributed by atoms with Gasteiger partial charge in [0.25, 0.3) is 0 Å². The third-order valence-corrected chi connectivity index (χ3v) is 6.94. The maximum atomic E-state index is 2.38. The van der Waals surface area contributed by atoms with E-state index in [4.69, 9.17) is 0 Å². The van der Waals surface area contributed by atoms with Crippen LogP contribution in [0, 0.1) is 20.8 Å². The zero-order chi connectivity index (χ0) is 15.1. The molecule has 0 aliphatic heterocycles. The minimum atomic E-state index is 0.947. The Balaban J connectivity index is 2.01. The molecule has 1 saturated carbocycles. The molecule has 0 aromatic heterocycles. The number of hydrogen-bond acceptors (Lipinski definition) is 0. The average molecular weight is 304 g/mol. The van der Waals surface area contributed by atoms with Gasteiger partial charge in [0.1, 0.15) is 0 Å². The molecule has 1 heteroatoms. The lowest BCUT2D eigenvalue weighted by atomic mass is 10.1. The van der Waals surface area contributed by atoms with Crippen LogP contribution in [0.15, 0.2) is 12.1 Å². The predicted octanol–water partition coefficient (Wildman–Crippen LogP) is 6.20. The third kappa shape index (κ3) is 5.74. The summed E-state index contributed by atoms with van der Waals surface area (Å²) in [7, 11) is 1.03. The van der Waals surface area contributed by atoms with Crippen molar-refractivity contribution in [1.29, 1.82) is 0 Å². The van der Waals surface area contributed by atoms with Crippen molar-refractivity contribution in [2.75, 3.05) is 0 Å². The summed E-state index contributed by atoms with van der Waals surface area (Å²) in [5.41, 5.74) is 5.42. The smallest absolute Gasteiger partial charge is 0.0196 e. The van der Waals surface area contributed by atoms with Gasteiger partial charge in [-0.15, -0.1) is 0 Å². The molecule has 21 heavy (non-hydrogen) atoms. The molecule has 1 aromatic carbocycles. The maximum absolute atomic E-state index is 2.38. The maximum Gasteiger partial charge on any atom is -0.0196 e. The summed E-state index contributed by atoms with van der Waals surface area (Å²) < 4.78 is 0. The van der Waals surface area contributed by atoms with Crippen LogP contribution < -0.4 is 5.30 Å². The number of benzene rings is 1. The zero-order valence-electron chi connectivity index (χ0n) is 14.3. The SMILES string of the molecule is Cc1cc(C)c(PC2CCCCCCCCCC2)c(C)c1. The second kappa shape index (κ2) is 8.94. The Morgan fingerprint density at radius 2 is 1.14 bits per heavy atom. The molecule has 1 unspecified atom stereocenters. The van der Waals surface area contributed by atoms with Crippen molar-refractivity contribution >= 4 is 13.9 Å². The minimum absolute atomic E-state index is 0.947. The molecule has 0 N–H and O–H groups in total. The van der Waals surface area contributed by atoms with Gasteiger partial charge in [0.2, 0.25) is 0 Å². The van der Waals surface area contributed by atoms with E-state index in [9.17, 15) is 0 Å². The molecule has 0 amide bonds. The minimum Gasteiger partial charge on any atom is -0.0866 e. The van der Waals surface area contributed by atoms with Crippen molar-refractivity contribution in [3.05, 3.63) is 28.8 Å². The molecular formula is C20H33P. The van der Waals surface area contributed by atoms with Crippen LogP contribution in [0.25, 0.3) is 0 Å². The van der Waals surface area contributed by atoms with Gasteiger partial charge in [-0.2, -0.15) is 0 Å². The van der Waals surface area contributed by atoms with Gasteiger partial charge in [0.05, 0.1) is 0 Å². The van der Waals surface area contributed by atoms with Crippen molar-refractivity contribution in [1.82, 2.24) is 0 Å². The highest BCUT2D eigenvalue weighted by Gasteiger charge is 2.13. The molecular weight excluding hydrogens is 271 g/mol. The van der Waals surface area contributed by atoms with Crippen LogP contribution in [-0.2, 0) is 0 Å². The van der Waals surface area contributed by atoms with Crippen molar-refractivity contribution in [3.8, 4) is 0 Å². The fourth-order valence-corrected chi connectivity index (χ4v) is 5.45. The highest BCUT2D eigenvalue weighted by molar-refractivity contribution is 7.48. The normalized spacial score (nSPS) is 19.8. The van der Waals surface area contributed by atoms with E-state index in [-0.39, 0.29) is 0 Å². The molecule has 1 aromatic rings. The fourth-order valence-electron chi connectivity index (χ4n) is 3.74. The first-order valence-electron chi connectivity index (χ1n) is 9.01. The summed E-state index contributed by atoms with van der Waals surface area (Å²) >= 11 is 0. The Hall–Kier alpha value is -0.350. The summed E-state index contributed by atoms with van der Waals surface area (Å²) in [4.78, 5) is 0. The van der Waals surface area contributed by atoms with Crippen molar-refractivity contribution in [2.24, 2.45) is 0 Å². The van der Waals surface area contributed by atoms with E-state index in [1.54, 1.807) is 5.30 Å². The molecule has 1 fully saturated rings. The molecule has 0 radical (unpaired) electrons. The van der Waals surface area contributed by atoms with Crippen LogP contribution in [0.2, 0.25) is 0 Å². The monoisotopic (exact) mass is 304 g/mol. The van der Waals surface area contributed by atoms with Crippen molar-refractivity contribution in [2.45, 2.75) is 90.6 Å². The van der Waals surface area contributed by atoms with Crippen molar-refractivity contribution in [3.63, 3.8) is 0 Å². The molecule has 0 spiro atoms. The molecule has 0 bridgehead atoms. The molecule has 2 rings (SSSR count). The zero-order valence-corrected chi connectivity index (χ0v) is 15.3. The topological polar surface area (TPSA) is 0 Å². The van der Waals surface area contributed by atoms with Crippen LogP contribution >= 0.6 is 8.58 Å². The third-order valence-electron chi connectivity index (χ3n) is 4.88. The highest BCUT2D eigenvalue weighted by atomic mass is 31.1. The van der Waals surface area contributed by atoms with E-state index >= 15 is 0 Å². The first-order chi connectivity index (χ1) is 10.2. The summed E-state index contributed by atoms with van der Waals surface area (Å²) in [6, 6.07) is 4.75. The summed E-state index contributed by atoms with van der Waals surface area (Å²) in [5, 5.41) is 1.67. The van der Waals surface area contributed by atoms with Gasteiger partial charge in [-0.3, -0.25) is 0 Å². The summed E-state index contributed by atoms with van der Waals surface area (Å²) in [6.07, 6.45) is 14.7. The molecule has 0 nitrogen and oxygen atoms in total. The Bertz CT molecular complexity index is 400. The number of rotatable bonds is 2. The second-order valence-electron chi connectivity index (χ2n) is 7.02. The Morgan fingerprint density at radius 3 is 1.62 bits per heavy atom. The van der Waals surface area contributed by atoms with E-state index < -0.39 is 0 Å². The molecule has 1 atom stereocenters. The van der Waals surface area contributed by atoms with E-state index in [1.165, 1.54) is 80.9 Å². The van der Waals surface area contributed by atoms with Crippen LogP contribution in [0.5, 0.6) is 0 Å². The van der Waals surface area contributed by atoms with Gasteiger partial charge >= 0.3 is 0 Å². The van der Waals surface area contributed by atoms with Crippen LogP contribution in [-0.4, -0.2) is 5.66 Å². The van der Waals surface area contributed by atoms with E-state index in [1.807, 2.05) is 0 Å². The lowest BCUT2D eigenvalue weighted by Crippen LogP contribution is -2.13. The summed E-state index contributed by atoms with van der Waals surface area (Å²) in [5.74, 6) is 0. The summed E-state index contributed by atoms with van der Waals surface area (Å²) in [6.45, 7) is 6.85. The van der Waals surface area contributed by atoms with Crippen LogP contribution in [0.1, 0.15) is 80.9 Å². The Kier molecular flexibility index (Phi) is 7.24. The van der Waals surface area contributed by atoms with Gasteiger partial charge in [-0.1, -0.05) is 77.6 Å². The van der Waals surface area contributed by atoms with Gasteiger partial charge in [-0.25, -0.2) is 0 Å². The number of hydrogen-bond donors (Lipinski definition) is 0. The molecule has 1 aliphatic rings. The van der Waals surface area contributed by atoms with Gasteiger partial charge in [0, 0.05) is 0 Å².